The van der Waals surface area contributed by atoms with Crippen LogP contribution in [0.15, 0.2) is 60.7 Å². The summed E-state index contributed by atoms with van der Waals surface area (Å²) in [5.41, 5.74) is 1.48. The number of anilines is 4. The number of benzene rings is 3. The van der Waals surface area contributed by atoms with Crippen molar-refractivity contribution in [2.75, 3.05) is 33.9 Å². The van der Waals surface area contributed by atoms with Crippen LogP contribution in [0.5, 0.6) is 0 Å². The number of nitrogens with one attached hydrogen (secondary N) is 2. The molecular weight excluding hydrogens is 458 g/mol. The maximum Gasteiger partial charge on any atom is 0.336 e. The van der Waals surface area contributed by atoms with Crippen molar-refractivity contribution in [1.82, 2.24) is 0 Å². The van der Waals surface area contributed by atoms with Gasteiger partial charge in [-0.2, -0.15) is 0 Å². The monoisotopic (exact) mass is 476 g/mol. The fourth-order valence-corrected chi connectivity index (χ4v) is 3.44. The van der Waals surface area contributed by atoms with Gasteiger partial charge in [0, 0.05) is 19.8 Å². The van der Waals surface area contributed by atoms with Crippen molar-refractivity contribution in [2.45, 2.75) is 0 Å². The summed E-state index contributed by atoms with van der Waals surface area (Å²) in [6.45, 7) is 0. The van der Waals surface area contributed by atoms with Crippen molar-refractivity contribution in [3.8, 4) is 0 Å². The van der Waals surface area contributed by atoms with E-state index in [0.717, 1.165) is 22.5 Å². The molecule has 0 spiro atoms. The van der Waals surface area contributed by atoms with Gasteiger partial charge in [0.2, 0.25) is 0 Å². The van der Waals surface area contributed by atoms with Crippen molar-refractivity contribution in [3.63, 3.8) is 0 Å². The van der Waals surface area contributed by atoms with Crippen LogP contribution in [-0.4, -0.2) is 26.0 Å². The van der Waals surface area contributed by atoms with E-state index in [-0.39, 0.29) is 0 Å². The summed E-state index contributed by atoms with van der Waals surface area (Å²) < 4.78 is 28.1. The van der Waals surface area contributed by atoms with Gasteiger partial charge in [0.1, 0.15) is 11.6 Å². The molecule has 0 saturated heterocycles. The molecule has 0 bridgehead atoms. The summed E-state index contributed by atoms with van der Waals surface area (Å²) in [6, 6.07) is 13.3. The second-order valence-corrected chi connectivity index (χ2v) is 7.70. The predicted octanol–water partition coefficient (Wildman–Crippen LogP) is 5.82. The van der Waals surface area contributed by atoms with Gasteiger partial charge in [-0.3, -0.25) is 4.79 Å². The molecule has 0 atom stereocenters. The minimum absolute atomic E-state index is 0.328. The van der Waals surface area contributed by atoms with Gasteiger partial charge in [-0.05, 0) is 54.6 Å². The van der Waals surface area contributed by atoms with E-state index in [1.165, 1.54) is 24.3 Å². The molecule has 32 heavy (non-hydrogen) atoms. The number of hydrogen-bond donors (Lipinski definition) is 3. The number of halogens is 3. The molecule has 0 radical (unpaired) electrons. The first kappa shape index (κ1) is 23.4. The maximum absolute atomic E-state index is 13.8. The first-order valence-corrected chi connectivity index (χ1v) is 10.1. The van der Waals surface area contributed by atoms with Crippen molar-refractivity contribution in [1.29, 1.82) is 0 Å². The highest BCUT2D eigenvalue weighted by Crippen LogP contribution is 2.33. The molecule has 3 amide bonds. The van der Waals surface area contributed by atoms with Gasteiger partial charge in [-0.15, -0.1) is 0 Å². The number of hydrogen-bond acceptors (Lipinski definition) is 4. The van der Waals surface area contributed by atoms with E-state index in [4.69, 9.17) is 11.6 Å². The summed E-state index contributed by atoms with van der Waals surface area (Å²) in [6.07, 6.45) is 0. The van der Waals surface area contributed by atoms with E-state index < -0.39 is 29.1 Å². The first-order valence-electron chi connectivity index (χ1n) is 9.29. The van der Waals surface area contributed by atoms with Crippen molar-refractivity contribution in [3.05, 3.63) is 82.9 Å². The Labute approximate surface area is 194 Å². The third-order valence-electron chi connectivity index (χ3n) is 4.41. The number of rotatable bonds is 5. The lowest BCUT2D eigenvalue weighted by Crippen LogP contribution is -2.27. The Morgan fingerprint density at radius 1 is 0.969 bits per heavy atom. The third kappa shape index (κ3) is 5.30. The topological polar surface area (TPSA) is 64.7 Å². The lowest BCUT2D eigenvalue weighted by atomic mass is 10.2. The second-order valence-electron chi connectivity index (χ2n) is 6.90. The summed E-state index contributed by atoms with van der Waals surface area (Å²) in [7, 11) is 3.61. The van der Waals surface area contributed by atoms with E-state index in [2.05, 4.69) is 23.4 Å². The second kappa shape index (κ2) is 9.88. The molecule has 166 valence electrons. The van der Waals surface area contributed by atoms with Crippen LogP contribution < -0.4 is 19.8 Å². The van der Waals surface area contributed by atoms with E-state index in [1.807, 2.05) is 0 Å². The number of carbonyl (C=O) groups excluding carboxylic acids is 2. The Hall–Kier alpha value is -3.30. The average Bonchev–Trinajstić information content (AvgIpc) is 2.75. The molecule has 0 heterocycles. The Bertz CT molecular complexity index is 1160. The van der Waals surface area contributed by atoms with Crippen LogP contribution in [0.2, 0.25) is 5.02 Å². The van der Waals surface area contributed by atoms with Gasteiger partial charge in [0.05, 0.1) is 27.6 Å². The van der Waals surface area contributed by atoms with E-state index in [9.17, 15) is 18.4 Å². The van der Waals surface area contributed by atoms with Gasteiger partial charge in [-0.1, -0.05) is 30.5 Å². The largest absolute Gasteiger partial charge is 0.375 e. The highest BCUT2D eigenvalue weighted by atomic mass is 35.5. The van der Waals surface area contributed by atoms with E-state index in [0.29, 0.717) is 27.8 Å². The quantitative estimate of drug-likeness (QED) is 0.406. The fraction of sp³-hybridized carbons (Fsp3) is 0.0909. The Morgan fingerprint density at radius 3 is 2.31 bits per heavy atom. The van der Waals surface area contributed by atoms with Gasteiger partial charge in [-0.25, -0.2) is 17.9 Å². The maximum atomic E-state index is 13.8. The number of carbonyl (C=O) groups is 2. The first-order chi connectivity index (χ1) is 15.2. The van der Waals surface area contributed by atoms with Crippen LogP contribution in [0.1, 0.15) is 10.4 Å². The van der Waals surface area contributed by atoms with E-state index >= 15 is 0 Å². The molecule has 0 aliphatic carbocycles. The smallest absolute Gasteiger partial charge is 0.336 e. The molecule has 0 unspecified atom stereocenters. The molecule has 0 aliphatic heterocycles. The lowest BCUT2D eigenvalue weighted by molar-refractivity contribution is 0.102. The van der Waals surface area contributed by atoms with Crippen LogP contribution >= 0.6 is 24.4 Å². The zero-order chi connectivity index (χ0) is 23.4. The van der Waals surface area contributed by atoms with Crippen LogP contribution in [0.3, 0.4) is 0 Å². The Kier molecular flexibility index (Phi) is 7.22. The number of amides is 3. The van der Waals surface area contributed by atoms with Crippen molar-refractivity contribution >= 4 is 59.1 Å². The standard InChI is InChI=1S/C22H19ClF2N4O2S/c1-28(2)20-17(23)4-3-5-19(20)27-22(31)29(32)15-9-7-14(8-10-15)26-21(30)16-12-13(24)6-11-18(16)25/h3-12,32H,1-2H3,(H,26,30)(H,27,31). The van der Waals surface area contributed by atoms with Crippen molar-refractivity contribution in [2.24, 2.45) is 0 Å². The normalized spacial score (nSPS) is 10.4. The molecule has 3 rings (SSSR count). The highest BCUT2D eigenvalue weighted by molar-refractivity contribution is 7.82. The summed E-state index contributed by atoms with van der Waals surface area (Å²) >= 11 is 10.5. The van der Waals surface area contributed by atoms with Crippen LogP contribution in [0.4, 0.5) is 36.3 Å². The van der Waals surface area contributed by atoms with Crippen LogP contribution in [-0.2, 0) is 0 Å². The fourth-order valence-electron chi connectivity index (χ4n) is 2.91. The Balaban J connectivity index is 1.71. The molecular formula is C22H19ClF2N4O2S. The zero-order valence-corrected chi connectivity index (χ0v) is 18.7. The van der Waals surface area contributed by atoms with Gasteiger partial charge >= 0.3 is 6.03 Å². The third-order valence-corrected chi connectivity index (χ3v) is 5.13. The Morgan fingerprint density at radius 2 is 1.66 bits per heavy atom. The predicted molar refractivity (Wildman–Crippen MR) is 127 cm³/mol. The SMILES string of the molecule is CN(C)c1c(Cl)cccc1NC(=O)N(S)c1ccc(NC(=O)c2cc(F)ccc2F)cc1. The highest BCUT2D eigenvalue weighted by Gasteiger charge is 2.17. The number of thiol groups is 1. The average molecular weight is 477 g/mol. The zero-order valence-electron chi connectivity index (χ0n) is 17.1. The molecule has 2 N–H and O–H groups in total. The summed E-state index contributed by atoms with van der Waals surface area (Å²) in [5.74, 6) is -2.36. The van der Waals surface area contributed by atoms with Gasteiger partial charge in [0.15, 0.2) is 0 Å². The number of urea groups is 1. The van der Waals surface area contributed by atoms with Crippen LogP contribution in [0.25, 0.3) is 0 Å². The summed E-state index contributed by atoms with van der Waals surface area (Å²) in [5, 5.41) is 5.71. The molecule has 0 fully saturated rings. The minimum atomic E-state index is -0.836. The minimum Gasteiger partial charge on any atom is -0.375 e. The lowest BCUT2D eigenvalue weighted by Gasteiger charge is -2.22. The molecule has 10 heteroatoms. The molecule has 3 aromatic rings. The number of para-hydroxylation sites is 1. The molecule has 0 aromatic heterocycles. The number of nitrogens with zero attached hydrogens (tertiary/aromatic N) is 2. The molecule has 6 nitrogen and oxygen atoms in total. The van der Waals surface area contributed by atoms with E-state index in [1.54, 1.807) is 37.2 Å². The molecule has 0 saturated carbocycles. The van der Waals surface area contributed by atoms with Crippen molar-refractivity contribution < 1.29 is 18.4 Å². The molecule has 0 aliphatic rings. The molecule has 3 aromatic carbocycles. The van der Waals surface area contributed by atoms with Gasteiger partial charge in [0.25, 0.3) is 5.91 Å². The van der Waals surface area contributed by atoms with Gasteiger partial charge < -0.3 is 15.5 Å². The summed E-state index contributed by atoms with van der Waals surface area (Å²) in [4.78, 5) is 26.6. The van der Waals surface area contributed by atoms with Crippen LogP contribution in [0, 0.1) is 11.6 Å².